The van der Waals surface area contributed by atoms with Gasteiger partial charge >= 0.3 is 0 Å². The summed E-state index contributed by atoms with van der Waals surface area (Å²) in [6, 6.07) is 6.77. The molecule has 0 radical (unpaired) electrons. The van der Waals surface area contributed by atoms with Crippen LogP contribution in [0.3, 0.4) is 0 Å². The van der Waals surface area contributed by atoms with E-state index in [1.807, 2.05) is 6.08 Å². The van der Waals surface area contributed by atoms with Crippen molar-refractivity contribution in [2.75, 3.05) is 0 Å². The summed E-state index contributed by atoms with van der Waals surface area (Å²) in [7, 11) is 0. The van der Waals surface area contributed by atoms with Gasteiger partial charge in [0, 0.05) is 0 Å². The molecule has 0 aliphatic rings. The summed E-state index contributed by atoms with van der Waals surface area (Å²) < 4.78 is 0. The molecule has 1 rings (SSSR count). The molecule has 1 unspecified atom stereocenters. The van der Waals surface area contributed by atoms with E-state index < -0.39 is 0 Å². The molecule has 0 heterocycles. The molecule has 20 heavy (non-hydrogen) atoms. The lowest BCUT2D eigenvalue weighted by Crippen LogP contribution is -2.05. The molecule has 1 aromatic rings. The molecule has 0 fully saturated rings. The lowest BCUT2D eigenvalue weighted by Gasteiger charge is -2.22. The largest absolute Gasteiger partial charge is 0.0985 e. The van der Waals surface area contributed by atoms with Crippen molar-refractivity contribution in [1.29, 1.82) is 0 Å². The first-order valence-electron chi connectivity index (χ1n) is 8.52. The normalized spacial score (nSPS) is 12.3. The molecule has 0 spiro atoms. The minimum absolute atomic E-state index is 0.711. The van der Waals surface area contributed by atoms with Gasteiger partial charge in [0.1, 0.15) is 0 Å². The van der Waals surface area contributed by atoms with E-state index in [2.05, 4.69) is 45.5 Å². The Morgan fingerprint density at radius 3 is 2.40 bits per heavy atom. The molecule has 112 valence electrons. The quantitative estimate of drug-likeness (QED) is 0.413. The first kappa shape index (κ1) is 17.0. The minimum Gasteiger partial charge on any atom is -0.0985 e. The molecule has 1 atom stereocenters. The molecule has 0 heteroatoms. The zero-order valence-corrected chi connectivity index (χ0v) is 13.8. The van der Waals surface area contributed by atoms with Crippen LogP contribution < -0.4 is 0 Å². The van der Waals surface area contributed by atoms with Gasteiger partial charge in [-0.3, -0.25) is 0 Å². The number of hydrogen-bond acceptors (Lipinski definition) is 0. The Balaban J connectivity index is 2.99. The fraction of sp³-hybridized carbons (Fsp3) is 0.600. The molecule has 0 N–H and O–H groups in total. The van der Waals surface area contributed by atoms with E-state index in [1.54, 1.807) is 11.1 Å². The van der Waals surface area contributed by atoms with Crippen molar-refractivity contribution in [1.82, 2.24) is 0 Å². The van der Waals surface area contributed by atoms with E-state index in [-0.39, 0.29) is 0 Å². The number of benzene rings is 1. The third-order valence-electron chi connectivity index (χ3n) is 4.31. The van der Waals surface area contributed by atoms with Crippen LogP contribution in [-0.2, 0) is 6.42 Å². The predicted octanol–water partition coefficient (Wildman–Crippen LogP) is 6.75. The van der Waals surface area contributed by atoms with Crippen LogP contribution in [0.15, 0.2) is 24.8 Å². The van der Waals surface area contributed by atoms with Crippen molar-refractivity contribution in [2.45, 2.75) is 78.1 Å². The standard InChI is InChI=1S/C20H32/c1-5-9-11-14-17(7-3)20-18(8-4)15-12-16-19(20)13-10-6-2/h8,12,15-17H,4-7,9-11,13-14H2,1-3H3. The molecule has 0 saturated heterocycles. The Labute approximate surface area is 126 Å². The van der Waals surface area contributed by atoms with Gasteiger partial charge in [-0.05, 0) is 48.3 Å². The summed E-state index contributed by atoms with van der Waals surface area (Å²) >= 11 is 0. The van der Waals surface area contributed by atoms with Crippen molar-refractivity contribution in [2.24, 2.45) is 0 Å². The van der Waals surface area contributed by atoms with E-state index >= 15 is 0 Å². The summed E-state index contributed by atoms with van der Waals surface area (Å²) in [5.74, 6) is 0.711. The van der Waals surface area contributed by atoms with Gasteiger partial charge in [-0.2, -0.15) is 0 Å². The Morgan fingerprint density at radius 1 is 1.05 bits per heavy atom. The lowest BCUT2D eigenvalue weighted by molar-refractivity contribution is 0.548. The highest BCUT2D eigenvalue weighted by Gasteiger charge is 2.16. The maximum Gasteiger partial charge on any atom is -0.0156 e. The topological polar surface area (TPSA) is 0 Å². The summed E-state index contributed by atoms with van der Waals surface area (Å²) in [5.41, 5.74) is 4.52. The second kappa shape index (κ2) is 9.80. The molecule has 0 aliphatic carbocycles. The van der Waals surface area contributed by atoms with Gasteiger partial charge in [0.2, 0.25) is 0 Å². The zero-order valence-electron chi connectivity index (χ0n) is 13.8. The van der Waals surface area contributed by atoms with Gasteiger partial charge in [-0.1, -0.05) is 77.3 Å². The molecule has 0 bridgehead atoms. The molecule has 0 aromatic heterocycles. The average Bonchev–Trinajstić information content (AvgIpc) is 2.49. The second-order valence-corrected chi connectivity index (χ2v) is 5.83. The Kier molecular flexibility index (Phi) is 8.34. The van der Waals surface area contributed by atoms with Gasteiger partial charge in [-0.15, -0.1) is 0 Å². The smallest absolute Gasteiger partial charge is 0.0156 e. The molecule has 1 aromatic carbocycles. The van der Waals surface area contributed by atoms with Gasteiger partial charge in [0.25, 0.3) is 0 Å². The van der Waals surface area contributed by atoms with Crippen molar-refractivity contribution < 1.29 is 0 Å². The Morgan fingerprint density at radius 2 is 1.80 bits per heavy atom. The third kappa shape index (κ3) is 4.81. The maximum absolute atomic E-state index is 4.03. The van der Waals surface area contributed by atoms with Gasteiger partial charge in [0.15, 0.2) is 0 Å². The van der Waals surface area contributed by atoms with E-state index in [9.17, 15) is 0 Å². The fourth-order valence-corrected chi connectivity index (χ4v) is 3.09. The van der Waals surface area contributed by atoms with Crippen molar-refractivity contribution in [3.63, 3.8) is 0 Å². The number of aryl methyl sites for hydroxylation is 1. The molecule has 0 saturated carbocycles. The third-order valence-corrected chi connectivity index (χ3v) is 4.31. The summed E-state index contributed by atoms with van der Waals surface area (Å²) in [6.07, 6.45) is 12.4. The van der Waals surface area contributed by atoms with E-state index in [0.717, 1.165) is 0 Å². The van der Waals surface area contributed by atoms with Crippen molar-refractivity contribution >= 4 is 6.08 Å². The minimum atomic E-state index is 0.711. The monoisotopic (exact) mass is 272 g/mol. The van der Waals surface area contributed by atoms with Gasteiger partial charge in [0.05, 0.1) is 0 Å². The van der Waals surface area contributed by atoms with Crippen LogP contribution >= 0.6 is 0 Å². The van der Waals surface area contributed by atoms with Crippen LogP contribution in [-0.4, -0.2) is 0 Å². The predicted molar refractivity (Wildman–Crippen MR) is 92.3 cm³/mol. The summed E-state index contributed by atoms with van der Waals surface area (Å²) in [4.78, 5) is 0. The van der Waals surface area contributed by atoms with E-state index in [1.165, 1.54) is 56.9 Å². The highest BCUT2D eigenvalue weighted by molar-refractivity contribution is 5.55. The second-order valence-electron chi connectivity index (χ2n) is 5.83. The van der Waals surface area contributed by atoms with Crippen LogP contribution in [0.5, 0.6) is 0 Å². The van der Waals surface area contributed by atoms with Crippen molar-refractivity contribution in [3.05, 3.63) is 41.5 Å². The molecule has 0 aliphatic heterocycles. The van der Waals surface area contributed by atoms with Crippen LogP contribution in [0.4, 0.5) is 0 Å². The van der Waals surface area contributed by atoms with Crippen LogP contribution in [0, 0.1) is 0 Å². The number of unbranched alkanes of at least 4 members (excludes halogenated alkanes) is 3. The fourth-order valence-electron chi connectivity index (χ4n) is 3.09. The summed E-state index contributed by atoms with van der Waals surface area (Å²) in [6.45, 7) is 10.9. The number of hydrogen-bond donors (Lipinski definition) is 0. The Bertz CT molecular complexity index is 389. The average molecular weight is 272 g/mol. The summed E-state index contributed by atoms with van der Waals surface area (Å²) in [5, 5.41) is 0. The maximum atomic E-state index is 4.03. The SMILES string of the molecule is C=Cc1cccc(CCCC)c1C(CC)CCCCC. The zero-order chi connectivity index (χ0) is 14.8. The molecule has 0 nitrogen and oxygen atoms in total. The highest BCUT2D eigenvalue weighted by atomic mass is 14.2. The number of rotatable bonds is 10. The Hall–Kier alpha value is -1.04. The van der Waals surface area contributed by atoms with Crippen LogP contribution in [0.25, 0.3) is 6.08 Å². The van der Waals surface area contributed by atoms with Gasteiger partial charge < -0.3 is 0 Å². The molecular formula is C20H32. The first-order chi connectivity index (χ1) is 9.78. The highest BCUT2D eigenvalue weighted by Crippen LogP contribution is 2.32. The van der Waals surface area contributed by atoms with Crippen LogP contribution in [0.2, 0.25) is 0 Å². The molecular weight excluding hydrogens is 240 g/mol. The van der Waals surface area contributed by atoms with Crippen LogP contribution in [0.1, 0.15) is 88.3 Å². The van der Waals surface area contributed by atoms with E-state index in [4.69, 9.17) is 0 Å². The lowest BCUT2D eigenvalue weighted by atomic mass is 9.83. The molecule has 0 amide bonds. The van der Waals surface area contributed by atoms with Crippen molar-refractivity contribution in [3.8, 4) is 0 Å². The first-order valence-corrected chi connectivity index (χ1v) is 8.52. The van der Waals surface area contributed by atoms with Gasteiger partial charge in [-0.25, -0.2) is 0 Å². The van der Waals surface area contributed by atoms with E-state index in [0.29, 0.717) is 5.92 Å².